The smallest absolute Gasteiger partial charge is 0.231 e. The second-order valence-electron chi connectivity index (χ2n) is 4.87. The summed E-state index contributed by atoms with van der Waals surface area (Å²) in [6, 6.07) is 5.38. The van der Waals surface area contributed by atoms with Crippen LogP contribution >= 0.6 is 15.9 Å². The molecule has 0 radical (unpaired) electrons. The third-order valence-electron chi connectivity index (χ3n) is 3.45. The molecule has 0 aliphatic heterocycles. The summed E-state index contributed by atoms with van der Waals surface area (Å²) < 4.78 is 5.86. The van der Waals surface area contributed by atoms with Crippen molar-refractivity contribution in [1.82, 2.24) is 5.16 Å². The van der Waals surface area contributed by atoms with Crippen LogP contribution in [0.4, 0.5) is 5.69 Å². The van der Waals surface area contributed by atoms with E-state index in [1.165, 1.54) is 0 Å². The largest absolute Gasteiger partial charge is 0.392 e. The zero-order chi connectivity index (χ0) is 15.6. The van der Waals surface area contributed by atoms with Gasteiger partial charge in [0.2, 0.25) is 5.91 Å². The molecule has 1 aromatic carbocycles. The zero-order valence-corrected chi connectivity index (χ0v) is 13.7. The first kappa shape index (κ1) is 15.7. The molecule has 1 amide bonds. The van der Waals surface area contributed by atoms with Crippen molar-refractivity contribution in [3.8, 4) is 0 Å². The Morgan fingerprint density at radius 3 is 2.76 bits per heavy atom. The van der Waals surface area contributed by atoms with Gasteiger partial charge in [0.1, 0.15) is 5.76 Å². The lowest BCUT2D eigenvalue weighted by Gasteiger charge is -2.15. The van der Waals surface area contributed by atoms with Crippen molar-refractivity contribution in [2.75, 3.05) is 5.32 Å². The van der Waals surface area contributed by atoms with Gasteiger partial charge in [0, 0.05) is 21.3 Å². The Balaban J connectivity index is 2.25. The van der Waals surface area contributed by atoms with E-state index in [-0.39, 0.29) is 18.4 Å². The van der Waals surface area contributed by atoms with Crippen molar-refractivity contribution in [1.29, 1.82) is 0 Å². The molecule has 0 spiro atoms. The fraction of sp³-hybridized carbons (Fsp3) is 0.333. The highest BCUT2D eigenvalue weighted by Gasteiger charge is 2.23. The number of aliphatic hydroxyl groups is 1. The molecule has 21 heavy (non-hydrogen) atoms. The van der Waals surface area contributed by atoms with E-state index in [0.29, 0.717) is 22.7 Å². The lowest BCUT2D eigenvalue weighted by molar-refractivity contribution is -0.117. The molecule has 0 unspecified atom stereocenters. The SMILES string of the molecule is Cc1noc(C)c1[C@H](C)C(=O)Nc1cccc(Br)c1CO. The molecular weight excluding hydrogens is 336 g/mol. The number of hydrogen-bond acceptors (Lipinski definition) is 4. The minimum Gasteiger partial charge on any atom is -0.392 e. The number of carbonyl (C=O) groups is 1. The normalized spacial score (nSPS) is 12.2. The second-order valence-corrected chi connectivity index (χ2v) is 5.73. The molecule has 0 aliphatic rings. The Hall–Kier alpha value is -1.66. The van der Waals surface area contributed by atoms with Gasteiger partial charge >= 0.3 is 0 Å². The molecule has 2 N–H and O–H groups in total. The summed E-state index contributed by atoms with van der Waals surface area (Å²) in [4.78, 5) is 12.4. The average molecular weight is 353 g/mol. The van der Waals surface area contributed by atoms with Gasteiger partial charge in [-0.05, 0) is 32.9 Å². The highest BCUT2D eigenvalue weighted by molar-refractivity contribution is 9.10. The van der Waals surface area contributed by atoms with Gasteiger partial charge in [-0.3, -0.25) is 4.79 Å². The predicted molar refractivity (Wildman–Crippen MR) is 83.1 cm³/mol. The number of aliphatic hydroxyl groups excluding tert-OH is 1. The van der Waals surface area contributed by atoms with Crippen molar-refractivity contribution in [2.45, 2.75) is 33.3 Å². The van der Waals surface area contributed by atoms with Gasteiger partial charge in [-0.1, -0.05) is 27.2 Å². The van der Waals surface area contributed by atoms with E-state index in [1.807, 2.05) is 13.0 Å². The lowest BCUT2D eigenvalue weighted by atomic mass is 9.98. The number of hydrogen-bond donors (Lipinski definition) is 2. The average Bonchev–Trinajstić information content (AvgIpc) is 2.77. The van der Waals surface area contributed by atoms with Crippen LogP contribution in [0, 0.1) is 13.8 Å². The number of aryl methyl sites for hydroxylation is 2. The number of halogens is 1. The summed E-state index contributed by atoms with van der Waals surface area (Å²) in [5.41, 5.74) is 2.76. The molecule has 0 fully saturated rings. The van der Waals surface area contributed by atoms with Crippen LogP contribution in [0.25, 0.3) is 0 Å². The number of anilines is 1. The van der Waals surface area contributed by atoms with Crippen LogP contribution in [-0.4, -0.2) is 16.2 Å². The van der Waals surface area contributed by atoms with Crippen LogP contribution in [0.2, 0.25) is 0 Å². The van der Waals surface area contributed by atoms with Crippen molar-refractivity contribution in [2.24, 2.45) is 0 Å². The molecule has 1 atom stereocenters. The lowest BCUT2D eigenvalue weighted by Crippen LogP contribution is -2.20. The molecule has 5 nitrogen and oxygen atoms in total. The molecule has 6 heteroatoms. The van der Waals surface area contributed by atoms with Crippen molar-refractivity contribution >= 4 is 27.5 Å². The van der Waals surface area contributed by atoms with Crippen molar-refractivity contribution in [3.05, 3.63) is 45.3 Å². The summed E-state index contributed by atoms with van der Waals surface area (Å²) in [6.45, 7) is 5.25. The van der Waals surface area contributed by atoms with E-state index < -0.39 is 0 Å². The van der Waals surface area contributed by atoms with E-state index in [9.17, 15) is 9.90 Å². The molecule has 1 heterocycles. The fourth-order valence-electron chi connectivity index (χ4n) is 2.32. The Kier molecular flexibility index (Phi) is 4.80. The number of carbonyl (C=O) groups excluding carboxylic acids is 1. The molecule has 0 aliphatic carbocycles. The molecule has 2 rings (SSSR count). The van der Waals surface area contributed by atoms with Crippen LogP contribution in [0.1, 0.15) is 35.4 Å². The topological polar surface area (TPSA) is 75.4 Å². The van der Waals surface area contributed by atoms with Gasteiger partial charge in [-0.15, -0.1) is 0 Å². The molecule has 1 aromatic heterocycles. The van der Waals surface area contributed by atoms with Gasteiger partial charge in [-0.25, -0.2) is 0 Å². The van der Waals surface area contributed by atoms with Crippen LogP contribution in [0.15, 0.2) is 27.2 Å². The zero-order valence-electron chi connectivity index (χ0n) is 12.1. The number of amides is 1. The summed E-state index contributed by atoms with van der Waals surface area (Å²) >= 11 is 3.36. The first-order valence-electron chi connectivity index (χ1n) is 6.57. The molecule has 0 bridgehead atoms. The van der Waals surface area contributed by atoms with Gasteiger partial charge in [0.15, 0.2) is 0 Å². The maximum absolute atomic E-state index is 12.4. The van der Waals surface area contributed by atoms with E-state index >= 15 is 0 Å². The summed E-state index contributed by atoms with van der Waals surface area (Å²) in [5.74, 6) is 0.0887. The van der Waals surface area contributed by atoms with E-state index in [2.05, 4.69) is 26.4 Å². The Labute approximate surface area is 131 Å². The third kappa shape index (κ3) is 3.16. The predicted octanol–water partition coefficient (Wildman–Crippen LogP) is 3.29. The highest BCUT2D eigenvalue weighted by Crippen LogP contribution is 2.28. The monoisotopic (exact) mass is 352 g/mol. The highest BCUT2D eigenvalue weighted by atomic mass is 79.9. The third-order valence-corrected chi connectivity index (χ3v) is 4.19. The first-order chi connectivity index (χ1) is 9.95. The van der Waals surface area contributed by atoms with Crippen molar-refractivity contribution in [3.63, 3.8) is 0 Å². The molecule has 0 saturated heterocycles. The Morgan fingerprint density at radius 1 is 1.48 bits per heavy atom. The molecule has 0 saturated carbocycles. The molecule has 2 aromatic rings. The number of rotatable bonds is 4. The minimum absolute atomic E-state index is 0.156. The van der Waals surface area contributed by atoms with Gasteiger partial charge in [-0.2, -0.15) is 0 Å². The van der Waals surface area contributed by atoms with Gasteiger partial charge in [0.05, 0.1) is 18.2 Å². The number of benzene rings is 1. The van der Waals surface area contributed by atoms with Crippen LogP contribution < -0.4 is 5.32 Å². The fourth-order valence-corrected chi connectivity index (χ4v) is 2.81. The minimum atomic E-state index is -0.387. The van der Waals surface area contributed by atoms with Gasteiger partial charge < -0.3 is 14.9 Å². The molecular formula is C15H17BrN2O3. The maximum atomic E-state index is 12.4. The number of nitrogens with one attached hydrogen (secondary N) is 1. The Bertz CT molecular complexity index is 647. The van der Waals surface area contributed by atoms with E-state index in [4.69, 9.17) is 4.52 Å². The second kappa shape index (κ2) is 6.41. The summed E-state index contributed by atoms with van der Waals surface area (Å²) in [6.07, 6.45) is 0. The molecule has 112 valence electrons. The Morgan fingerprint density at radius 2 is 2.19 bits per heavy atom. The quantitative estimate of drug-likeness (QED) is 0.885. The van der Waals surface area contributed by atoms with Gasteiger partial charge in [0.25, 0.3) is 0 Å². The first-order valence-corrected chi connectivity index (χ1v) is 7.36. The number of aromatic nitrogens is 1. The summed E-state index contributed by atoms with van der Waals surface area (Å²) in [5, 5.41) is 16.1. The van der Waals surface area contributed by atoms with Crippen LogP contribution in [0.5, 0.6) is 0 Å². The van der Waals surface area contributed by atoms with Crippen LogP contribution in [0.3, 0.4) is 0 Å². The van der Waals surface area contributed by atoms with E-state index in [1.54, 1.807) is 26.0 Å². The van der Waals surface area contributed by atoms with Crippen molar-refractivity contribution < 1.29 is 14.4 Å². The maximum Gasteiger partial charge on any atom is 0.231 e. The summed E-state index contributed by atoms with van der Waals surface area (Å²) in [7, 11) is 0. The van der Waals surface area contributed by atoms with E-state index in [0.717, 1.165) is 10.0 Å². The standard InChI is InChI=1S/C15H17BrN2O3/c1-8(14-9(2)18-21-10(14)3)15(20)17-13-6-4-5-12(16)11(13)7-19/h4-6,8,19H,7H2,1-3H3,(H,17,20)/t8-/m0/s1. The number of nitrogens with zero attached hydrogens (tertiary/aromatic N) is 1. The van der Waals surface area contributed by atoms with Crippen LogP contribution in [-0.2, 0) is 11.4 Å².